The van der Waals surface area contributed by atoms with Gasteiger partial charge in [-0.05, 0) is 48.2 Å². The van der Waals surface area contributed by atoms with Gasteiger partial charge in [0.25, 0.3) is 0 Å². The number of rotatable bonds is 8. The number of carbonyl (C=O) groups is 2. The third-order valence-corrected chi connectivity index (χ3v) is 7.51. The van der Waals surface area contributed by atoms with Crippen LogP contribution < -0.4 is 10.6 Å². The molecule has 0 bridgehead atoms. The van der Waals surface area contributed by atoms with Crippen molar-refractivity contribution in [3.63, 3.8) is 0 Å². The van der Waals surface area contributed by atoms with Crippen LogP contribution in [0.25, 0.3) is 0 Å². The molecule has 2 amide bonds. The minimum absolute atomic E-state index is 0.0188. The molecule has 4 unspecified atom stereocenters. The lowest BCUT2D eigenvalue weighted by atomic mass is 9.97. The Labute approximate surface area is 185 Å². The zero-order valence-corrected chi connectivity index (χ0v) is 18.4. The molecule has 2 aliphatic rings. The zero-order valence-electron chi connectivity index (χ0n) is 17.6. The summed E-state index contributed by atoms with van der Waals surface area (Å²) >= 11 is 1.26. The van der Waals surface area contributed by atoms with Crippen molar-refractivity contribution in [3.8, 4) is 0 Å². The van der Waals surface area contributed by atoms with E-state index in [0.29, 0.717) is 0 Å². The summed E-state index contributed by atoms with van der Waals surface area (Å²) in [5, 5.41) is 5.96. The lowest BCUT2D eigenvalue weighted by Gasteiger charge is -2.14. The van der Waals surface area contributed by atoms with E-state index in [1.807, 2.05) is 26.0 Å². The summed E-state index contributed by atoms with van der Waals surface area (Å²) in [4.78, 5) is 24.5. The number of hydrogen-bond acceptors (Lipinski definition) is 3. The molecule has 2 N–H and O–H groups in total. The second kappa shape index (κ2) is 8.26. The fourth-order valence-corrected chi connectivity index (χ4v) is 4.82. The molecule has 164 valence electrons. The van der Waals surface area contributed by atoms with Gasteiger partial charge >= 0.3 is 0 Å². The molecule has 0 saturated heterocycles. The summed E-state index contributed by atoms with van der Waals surface area (Å²) in [6.45, 7) is 4.02. The Morgan fingerprint density at radius 2 is 1.29 bits per heavy atom. The van der Waals surface area contributed by atoms with E-state index >= 15 is 0 Å². The first-order valence-electron chi connectivity index (χ1n) is 10.4. The fourth-order valence-electron chi connectivity index (χ4n) is 4.18. The van der Waals surface area contributed by atoms with E-state index in [1.54, 1.807) is 12.1 Å². The standard InChI is InChI=1S/C24H26F2N2O2S/c1-23(15-5-3-7-17(25)9-15)11-19(23)27-21(29)13-31-14-22(30)28-20-12-24(20,2)16-6-4-8-18(26)10-16/h3-10,19-20H,11-14H2,1-2H3,(H,27,29)(H,28,30). The van der Waals surface area contributed by atoms with Crippen molar-refractivity contribution in [1.29, 1.82) is 0 Å². The predicted molar refractivity (Wildman–Crippen MR) is 118 cm³/mol. The molecule has 31 heavy (non-hydrogen) atoms. The second-order valence-electron chi connectivity index (χ2n) is 9.00. The van der Waals surface area contributed by atoms with Crippen LogP contribution in [-0.2, 0) is 20.4 Å². The van der Waals surface area contributed by atoms with Gasteiger partial charge in [0, 0.05) is 22.9 Å². The Balaban J connectivity index is 1.17. The van der Waals surface area contributed by atoms with E-state index in [0.717, 1.165) is 24.0 Å². The van der Waals surface area contributed by atoms with Crippen LogP contribution in [0.2, 0.25) is 0 Å². The third kappa shape index (κ3) is 4.76. The molecule has 4 atom stereocenters. The molecule has 2 saturated carbocycles. The highest BCUT2D eigenvalue weighted by molar-refractivity contribution is 8.00. The van der Waals surface area contributed by atoms with Gasteiger partial charge in [-0.25, -0.2) is 8.78 Å². The Kier molecular flexibility index (Phi) is 5.81. The van der Waals surface area contributed by atoms with E-state index in [9.17, 15) is 18.4 Å². The van der Waals surface area contributed by atoms with Crippen molar-refractivity contribution in [2.24, 2.45) is 0 Å². The molecule has 0 aliphatic heterocycles. The molecule has 2 aromatic rings. The van der Waals surface area contributed by atoms with Gasteiger partial charge in [0.1, 0.15) is 11.6 Å². The van der Waals surface area contributed by atoms with Crippen LogP contribution in [0.5, 0.6) is 0 Å². The van der Waals surface area contributed by atoms with Crippen LogP contribution in [0.1, 0.15) is 37.8 Å². The van der Waals surface area contributed by atoms with Gasteiger partial charge in [-0.1, -0.05) is 38.1 Å². The van der Waals surface area contributed by atoms with Gasteiger partial charge in [0.2, 0.25) is 11.8 Å². The summed E-state index contributed by atoms with van der Waals surface area (Å²) in [5.74, 6) is -0.426. The van der Waals surface area contributed by atoms with Gasteiger partial charge in [-0.15, -0.1) is 11.8 Å². The van der Waals surface area contributed by atoms with Crippen molar-refractivity contribution >= 4 is 23.6 Å². The number of thioether (sulfide) groups is 1. The minimum atomic E-state index is -0.276. The Bertz CT molecular complexity index is 937. The quantitative estimate of drug-likeness (QED) is 0.653. The van der Waals surface area contributed by atoms with Gasteiger partial charge in [-0.2, -0.15) is 0 Å². The lowest BCUT2D eigenvalue weighted by molar-refractivity contribution is -0.119. The Hall–Kier alpha value is -2.41. The first kappa shape index (κ1) is 21.8. The summed E-state index contributed by atoms with van der Waals surface area (Å²) in [7, 11) is 0. The van der Waals surface area contributed by atoms with Gasteiger partial charge in [0.15, 0.2) is 0 Å². The molecular formula is C24H26F2N2O2S. The number of carbonyl (C=O) groups excluding carboxylic acids is 2. The highest BCUT2D eigenvalue weighted by Gasteiger charge is 2.53. The van der Waals surface area contributed by atoms with E-state index in [1.165, 1.54) is 36.0 Å². The Morgan fingerprint density at radius 1 is 0.871 bits per heavy atom. The molecule has 2 aliphatic carbocycles. The highest BCUT2D eigenvalue weighted by atomic mass is 32.2. The Morgan fingerprint density at radius 3 is 1.68 bits per heavy atom. The normalized spacial score (nSPS) is 28.6. The first-order valence-corrected chi connectivity index (χ1v) is 11.5. The minimum Gasteiger partial charge on any atom is -0.352 e. The van der Waals surface area contributed by atoms with E-state index in [-0.39, 0.29) is 57.9 Å². The highest BCUT2D eigenvalue weighted by Crippen LogP contribution is 2.49. The topological polar surface area (TPSA) is 58.2 Å². The van der Waals surface area contributed by atoms with E-state index in [4.69, 9.17) is 0 Å². The van der Waals surface area contributed by atoms with Crippen LogP contribution in [0.3, 0.4) is 0 Å². The molecule has 0 spiro atoms. The van der Waals surface area contributed by atoms with Crippen molar-refractivity contribution in [1.82, 2.24) is 10.6 Å². The second-order valence-corrected chi connectivity index (χ2v) is 9.98. The average molecular weight is 445 g/mol. The van der Waals surface area contributed by atoms with Crippen molar-refractivity contribution in [3.05, 3.63) is 71.3 Å². The van der Waals surface area contributed by atoms with Gasteiger partial charge in [0.05, 0.1) is 11.5 Å². The van der Waals surface area contributed by atoms with Crippen LogP contribution in [0.15, 0.2) is 48.5 Å². The molecule has 4 rings (SSSR count). The average Bonchev–Trinajstić information content (AvgIpc) is 3.58. The largest absolute Gasteiger partial charge is 0.352 e. The third-order valence-electron chi connectivity index (χ3n) is 6.58. The zero-order chi connectivity index (χ0) is 22.2. The van der Waals surface area contributed by atoms with Crippen molar-refractivity contribution in [2.45, 2.75) is 49.6 Å². The predicted octanol–water partition coefficient (Wildman–Crippen LogP) is 3.69. The summed E-state index contributed by atoms with van der Waals surface area (Å²) in [6.07, 6.45) is 1.54. The molecule has 7 heteroatoms. The van der Waals surface area contributed by atoms with Crippen molar-refractivity contribution in [2.75, 3.05) is 11.5 Å². The maximum absolute atomic E-state index is 13.5. The monoisotopic (exact) mass is 444 g/mol. The maximum Gasteiger partial charge on any atom is 0.230 e. The number of hydrogen-bond donors (Lipinski definition) is 2. The van der Waals surface area contributed by atoms with Gasteiger partial charge < -0.3 is 10.6 Å². The summed E-state index contributed by atoms with van der Waals surface area (Å²) < 4.78 is 26.9. The van der Waals surface area contributed by atoms with Crippen molar-refractivity contribution < 1.29 is 18.4 Å². The summed E-state index contributed by atoms with van der Waals surface area (Å²) in [5.41, 5.74) is 1.28. The van der Waals surface area contributed by atoms with Crippen LogP contribution in [0, 0.1) is 11.6 Å². The molecule has 4 nitrogen and oxygen atoms in total. The van der Waals surface area contributed by atoms with Gasteiger partial charge in [-0.3, -0.25) is 9.59 Å². The SMILES string of the molecule is CC1(c2cccc(F)c2)CC1NC(=O)CSCC(=O)NC1CC1(C)c1cccc(F)c1. The van der Waals surface area contributed by atoms with Crippen LogP contribution in [0.4, 0.5) is 8.78 Å². The van der Waals surface area contributed by atoms with E-state index < -0.39 is 0 Å². The molecular weight excluding hydrogens is 418 g/mol. The lowest BCUT2D eigenvalue weighted by Crippen LogP contribution is -2.34. The fraction of sp³-hybridized carbons (Fsp3) is 0.417. The molecule has 0 heterocycles. The molecule has 2 fully saturated rings. The molecule has 2 aromatic carbocycles. The molecule has 0 radical (unpaired) electrons. The maximum atomic E-state index is 13.5. The number of halogens is 2. The number of benzene rings is 2. The smallest absolute Gasteiger partial charge is 0.230 e. The van der Waals surface area contributed by atoms with Crippen LogP contribution >= 0.6 is 11.8 Å². The van der Waals surface area contributed by atoms with Crippen LogP contribution in [-0.4, -0.2) is 35.4 Å². The first-order chi connectivity index (χ1) is 14.7. The number of amides is 2. The summed E-state index contributed by atoms with van der Waals surface area (Å²) in [6, 6.07) is 12.9. The molecule has 0 aromatic heterocycles. The van der Waals surface area contributed by atoms with E-state index in [2.05, 4.69) is 10.6 Å². The number of nitrogens with one attached hydrogen (secondary N) is 2.